The maximum absolute atomic E-state index is 12.0. The molecule has 2 amide bonds. The number of hydrogen-bond donors (Lipinski definition) is 3. The molecule has 0 bridgehead atoms. The molecule has 0 aromatic heterocycles. The first-order valence-electron chi connectivity index (χ1n) is 11.1. The Balaban J connectivity index is 0.00000900. The van der Waals surface area contributed by atoms with Gasteiger partial charge < -0.3 is 25.6 Å². The summed E-state index contributed by atoms with van der Waals surface area (Å²) in [5, 5.41) is 9.62. The molecule has 1 rings (SSSR count). The number of alkyl carbamates (subject to hydrolysis) is 1. The van der Waals surface area contributed by atoms with E-state index in [4.69, 9.17) is 4.74 Å². The number of guanidine groups is 1. The Hall–Kier alpha value is -1.30. The third kappa shape index (κ3) is 13.7. The molecule has 10 heteroatoms. The third-order valence-corrected chi connectivity index (χ3v) is 4.90. The number of aliphatic imine (C=N–C) groups is 1. The molecule has 1 atom stereocenters. The maximum atomic E-state index is 12.0. The van der Waals surface area contributed by atoms with Gasteiger partial charge in [-0.05, 0) is 27.2 Å². The molecule has 1 aliphatic rings. The van der Waals surface area contributed by atoms with Crippen molar-refractivity contribution in [1.82, 2.24) is 25.8 Å². The van der Waals surface area contributed by atoms with Gasteiger partial charge in [-0.1, -0.05) is 19.8 Å². The van der Waals surface area contributed by atoms with Crippen molar-refractivity contribution in [3.8, 4) is 0 Å². The van der Waals surface area contributed by atoms with E-state index in [2.05, 4.69) is 32.8 Å². The zero-order chi connectivity index (χ0) is 22.6. The first-order valence-corrected chi connectivity index (χ1v) is 11.1. The minimum atomic E-state index is -0.510. The van der Waals surface area contributed by atoms with E-state index in [0.29, 0.717) is 6.54 Å². The van der Waals surface area contributed by atoms with Gasteiger partial charge in [0.2, 0.25) is 5.91 Å². The van der Waals surface area contributed by atoms with Gasteiger partial charge in [-0.3, -0.25) is 14.7 Å². The van der Waals surface area contributed by atoms with Crippen LogP contribution in [0.5, 0.6) is 0 Å². The van der Waals surface area contributed by atoms with E-state index < -0.39 is 11.7 Å². The minimum Gasteiger partial charge on any atom is -0.444 e. The van der Waals surface area contributed by atoms with Crippen LogP contribution >= 0.6 is 24.0 Å². The van der Waals surface area contributed by atoms with E-state index in [0.717, 1.165) is 64.5 Å². The fourth-order valence-corrected chi connectivity index (χ4v) is 3.20. The predicted octanol–water partition coefficient (Wildman–Crippen LogP) is 2.02. The molecule has 0 aromatic rings. The Morgan fingerprint density at radius 3 is 2.29 bits per heavy atom. The van der Waals surface area contributed by atoms with Crippen molar-refractivity contribution in [2.75, 3.05) is 52.9 Å². The van der Waals surface area contributed by atoms with Gasteiger partial charge in [0.25, 0.3) is 0 Å². The standard InChI is InChI=1S/C21H42N6O3.HI/c1-7-8-9-18(16-24-20(29)30-21(3,4)5)25-19(22-6)23-10-11-26-12-14-27(15-13-26)17(2)28;/h18H,7-16H2,1-6H3,(H,24,29)(H2,22,23,25);1H. The Kier molecular flexibility index (Phi) is 14.8. The number of amides is 2. The van der Waals surface area contributed by atoms with Gasteiger partial charge in [-0.15, -0.1) is 24.0 Å². The summed E-state index contributed by atoms with van der Waals surface area (Å²) < 4.78 is 5.32. The number of piperazine rings is 1. The Labute approximate surface area is 205 Å². The lowest BCUT2D eigenvalue weighted by Crippen LogP contribution is -2.52. The second-order valence-electron chi connectivity index (χ2n) is 8.71. The van der Waals surface area contributed by atoms with Crippen LogP contribution in [0.25, 0.3) is 0 Å². The smallest absolute Gasteiger partial charge is 0.407 e. The van der Waals surface area contributed by atoms with E-state index in [9.17, 15) is 9.59 Å². The second-order valence-corrected chi connectivity index (χ2v) is 8.71. The summed E-state index contributed by atoms with van der Waals surface area (Å²) in [4.78, 5) is 31.9. The molecule has 1 heterocycles. The highest BCUT2D eigenvalue weighted by Crippen LogP contribution is 2.07. The fourth-order valence-electron chi connectivity index (χ4n) is 3.20. The molecule has 1 unspecified atom stereocenters. The number of carbonyl (C=O) groups excluding carboxylic acids is 2. The number of rotatable bonds is 9. The summed E-state index contributed by atoms with van der Waals surface area (Å²) in [5.41, 5.74) is -0.510. The molecule has 1 aliphatic heterocycles. The monoisotopic (exact) mass is 554 g/mol. The van der Waals surface area contributed by atoms with E-state index in [-0.39, 0.29) is 35.9 Å². The van der Waals surface area contributed by atoms with Crippen LogP contribution < -0.4 is 16.0 Å². The maximum Gasteiger partial charge on any atom is 0.407 e. The summed E-state index contributed by atoms with van der Waals surface area (Å²) in [7, 11) is 1.75. The van der Waals surface area contributed by atoms with E-state index in [1.165, 1.54) is 0 Å². The molecule has 0 aliphatic carbocycles. The molecule has 0 spiro atoms. The van der Waals surface area contributed by atoms with Crippen molar-refractivity contribution in [2.45, 2.75) is 65.5 Å². The molecule has 0 aromatic carbocycles. The highest BCUT2D eigenvalue weighted by atomic mass is 127. The lowest BCUT2D eigenvalue weighted by atomic mass is 10.1. The summed E-state index contributed by atoms with van der Waals surface area (Å²) in [6, 6.07) is 0.0720. The molecule has 0 saturated carbocycles. The second kappa shape index (κ2) is 15.5. The van der Waals surface area contributed by atoms with Crippen LogP contribution in [-0.4, -0.2) is 92.3 Å². The average molecular weight is 555 g/mol. The van der Waals surface area contributed by atoms with Gasteiger partial charge in [0.1, 0.15) is 5.60 Å². The molecule has 9 nitrogen and oxygen atoms in total. The van der Waals surface area contributed by atoms with Crippen LogP contribution in [0.3, 0.4) is 0 Å². The summed E-state index contributed by atoms with van der Waals surface area (Å²) in [5.74, 6) is 0.875. The number of ether oxygens (including phenoxy) is 1. The van der Waals surface area contributed by atoms with Crippen LogP contribution in [-0.2, 0) is 9.53 Å². The number of hydrogen-bond acceptors (Lipinski definition) is 5. The zero-order valence-corrected chi connectivity index (χ0v) is 22.5. The topological polar surface area (TPSA) is 98.3 Å². The minimum absolute atomic E-state index is 0. The number of nitrogens with zero attached hydrogens (tertiary/aromatic N) is 3. The molecule has 1 fully saturated rings. The van der Waals surface area contributed by atoms with Gasteiger partial charge >= 0.3 is 6.09 Å². The van der Waals surface area contributed by atoms with Crippen molar-refractivity contribution in [1.29, 1.82) is 0 Å². The normalized spacial score (nSPS) is 16.2. The summed E-state index contributed by atoms with van der Waals surface area (Å²) >= 11 is 0. The summed E-state index contributed by atoms with van der Waals surface area (Å²) in [6.45, 7) is 14.8. The Bertz CT molecular complexity index is 560. The van der Waals surface area contributed by atoms with Crippen LogP contribution in [0.4, 0.5) is 4.79 Å². The van der Waals surface area contributed by atoms with Crippen molar-refractivity contribution >= 4 is 41.9 Å². The van der Waals surface area contributed by atoms with Gasteiger partial charge in [-0.2, -0.15) is 0 Å². The number of carbonyl (C=O) groups is 2. The molecule has 3 N–H and O–H groups in total. The number of halogens is 1. The molecular weight excluding hydrogens is 511 g/mol. The van der Waals surface area contributed by atoms with E-state index >= 15 is 0 Å². The molecular formula is C21H43IN6O3. The van der Waals surface area contributed by atoms with E-state index in [1.807, 2.05) is 25.7 Å². The van der Waals surface area contributed by atoms with Crippen molar-refractivity contribution in [3.05, 3.63) is 0 Å². The predicted molar refractivity (Wildman–Crippen MR) is 136 cm³/mol. The SMILES string of the molecule is CCCCC(CNC(=O)OC(C)(C)C)NC(=NC)NCCN1CCN(C(C)=O)CC1.I. The van der Waals surface area contributed by atoms with Gasteiger partial charge in [0, 0.05) is 65.8 Å². The van der Waals surface area contributed by atoms with Gasteiger partial charge in [-0.25, -0.2) is 4.79 Å². The largest absolute Gasteiger partial charge is 0.444 e. The highest BCUT2D eigenvalue weighted by molar-refractivity contribution is 14.0. The zero-order valence-electron chi connectivity index (χ0n) is 20.1. The lowest BCUT2D eigenvalue weighted by Gasteiger charge is -2.34. The van der Waals surface area contributed by atoms with Crippen LogP contribution in [0, 0.1) is 0 Å². The molecule has 0 radical (unpaired) electrons. The fraction of sp³-hybridized carbons (Fsp3) is 0.857. The Morgan fingerprint density at radius 1 is 1.13 bits per heavy atom. The van der Waals surface area contributed by atoms with Crippen molar-refractivity contribution in [2.24, 2.45) is 4.99 Å². The van der Waals surface area contributed by atoms with Crippen LogP contribution in [0.1, 0.15) is 53.9 Å². The number of nitrogens with one attached hydrogen (secondary N) is 3. The molecule has 1 saturated heterocycles. The number of unbranched alkanes of at least 4 members (excludes halogenated alkanes) is 1. The van der Waals surface area contributed by atoms with Crippen LogP contribution in [0.15, 0.2) is 4.99 Å². The van der Waals surface area contributed by atoms with Crippen molar-refractivity contribution in [3.63, 3.8) is 0 Å². The highest BCUT2D eigenvalue weighted by Gasteiger charge is 2.19. The Morgan fingerprint density at radius 2 is 1.77 bits per heavy atom. The van der Waals surface area contributed by atoms with Crippen LogP contribution in [0.2, 0.25) is 0 Å². The molecule has 182 valence electrons. The third-order valence-electron chi connectivity index (χ3n) is 4.90. The van der Waals surface area contributed by atoms with Gasteiger partial charge in [0.15, 0.2) is 5.96 Å². The lowest BCUT2D eigenvalue weighted by molar-refractivity contribution is -0.130. The van der Waals surface area contributed by atoms with Crippen molar-refractivity contribution < 1.29 is 14.3 Å². The van der Waals surface area contributed by atoms with E-state index in [1.54, 1.807) is 14.0 Å². The van der Waals surface area contributed by atoms with Gasteiger partial charge in [0.05, 0.1) is 0 Å². The molecule has 31 heavy (non-hydrogen) atoms. The first kappa shape index (κ1) is 29.7. The summed E-state index contributed by atoms with van der Waals surface area (Å²) in [6.07, 6.45) is 2.67. The average Bonchev–Trinajstić information content (AvgIpc) is 2.67. The first-order chi connectivity index (χ1) is 14.1. The quantitative estimate of drug-likeness (QED) is 0.229.